The maximum atomic E-state index is 14.1. The third-order valence-corrected chi connectivity index (χ3v) is 4.68. The zero-order valence-corrected chi connectivity index (χ0v) is 14.6. The zero-order chi connectivity index (χ0) is 20.0. The molecule has 1 saturated carbocycles. The van der Waals surface area contributed by atoms with E-state index < -0.39 is 64.3 Å². The third-order valence-electron chi connectivity index (χ3n) is 4.68. The first-order valence-electron chi connectivity index (χ1n) is 7.83. The number of rotatable bonds is 2. The molecule has 1 aromatic rings. The molecule has 1 aromatic carbocycles. The fourth-order valence-corrected chi connectivity index (χ4v) is 2.73. The van der Waals surface area contributed by atoms with Gasteiger partial charge < -0.3 is 5.11 Å². The maximum Gasteiger partial charge on any atom is 0.398 e. The molecule has 0 unspecified atom stereocenters. The predicted molar refractivity (Wildman–Crippen MR) is 80.2 cm³/mol. The molecular formula is C17H21F7O. The Morgan fingerprint density at radius 3 is 1.76 bits per heavy atom. The summed E-state index contributed by atoms with van der Waals surface area (Å²) in [6.07, 6.45) is -10.3. The minimum atomic E-state index is -4.78. The Bertz CT molecular complexity index is 598. The topological polar surface area (TPSA) is 20.2 Å². The fraction of sp³-hybridized carbons (Fsp3) is 0.647. The Kier molecular flexibility index (Phi) is 5.49. The van der Waals surface area contributed by atoms with Gasteiger partial charge in [-0.25, -0.2) is 4.39 Å². The number of phenols is 1. The van der Waals surface area contributed by atoms with Gasteiger partial charge >= 0.3 is 12.4 Å². The van der Waals surface area contributed by atoms with E-state index in [9.17, 15) is 35.8 Å². The molecule has 0 atom stereocenters. The predicted octanol–water partition coefficient (Wildman–Crippen LogP) is 6.30. The van der Waals surface area contributed by atoms with Gasteiger partial charge in [0.2, 0.25) is 0 Å². The highest BCUT2D eigenvalue weighted by atomic mass is 19.4. The van der Waals surface area contributed by atoms with E-state index in [2.05, 4.69) is 0 Å². The van der Waals surface area contributed by atoms with Gasteiger partial charge in [0.1, 0.15) is 0 Å². The molecule has 1 aliphatic carbocycles. The summed E-state index contributed by atoms with van der Waals surface area (Å²) in [5.41, 5.74) is -6.96. The van der Waals surface area contributed by atoms with Crippen LogP contribution in [0.5, 0.6) is 5.75 Å². The average molecular weight is 374 g/mol. The first-order chi connectivity index (χ1) is 11.2. The summed E-state index contributed by atoms with van der Waals surface area (Å²) in [6, 6.07) is 0.654. The van der Waals surface area contributed by atoms with Crippen molar-refractivity contribution in [3.05, 3.63) is 28.6 Å². The van der Waals surface area contributed by atoms with Gasteiger partial charge in [-0.2, -0.15) is 26.3 Å². The minimum absolute atomic E-state index is 0.390. The van der Waals surface area contributed by atoms with Crippen molar-refractivity contribution < 1.29 is 35.8 Å². The normalized spacial score (nSPS) is 17.0. The largest absolute Gasteiger partial charge is 0.505 e. The van der Waals surface area contributed by atoms with E-state index in [0.717, 1.165) is 20.8 Å². The standard InChI is InChI=1S/C15H15F7O.C2H6/c1-7-8(12(2,3)14(17,18)19)6-9(11(23)10(7)16)13(4-5-13)15(20,21)22;1-2/h6,23H,4-5H2,1-3H3;1-2H3. The van der Waals surface area contributed by atoms with E-state index >= 15 is 0 Å². The lowest BCUT2D eigenvalue weighted by atomic mass is 9.78. The Morgan fingerprint density at radius 1 is 1.00 bits per heavy atom. The lowest BCUT2D eigenvalue weighted by Crippen LogP contribution is -2.38. The quantitative estimate of drug-likeness (QED) is 0.603. The van der Waals surface area contributed by atoms with Crippen molar-refractivity contribution in [1.82, 2.24) is 0 Å². The summed E-state index contributed by atoms with van der Waals surface area (Å²) in [5, 5.41) is 9.75. The highest BCUT2D eigenvalue weighted by Gasteiger charge is 2.66. The van der Waals surface area contributed by atoms with E-state index in [-0.39, 0.29) is 0 Å². The highest BCUT2D eigenvalue weighted by molar-refractivity contribution is 5.52. The summed E-state index contributed by atoms with van der Waals surface area (Å²) in [7, 11) is 0. The Morgan fingerprint density at radius 2 is 1.44 bits per heavy atom. The lowest BCUT2D eigenvalue weighted by Gasteiger charge is -2.32. The molecule has 144 valence electrons. The second-order valence-corrected chi connectivity index (χ2v) is 6.46. The zero-order valence-electron chi connectivity index (χ0n) is 14.6. The molecule has 1 fully saturated rings. The highest BCUT2D eigenvalue weighted by Crippen LogP contribution is 2.62. The molecule has 2 rings (SSSR count). The second-order valence-electron chi connectivity index (χ2n) is 6.46. The lowest BCUT2D eigenvalue weighted by molar-refractivity contribution is -0.180. The van der Waals surface area contributed by atoms with E-state index in [1.807, 2.05) is 13.8 Å². The number of aromatic hydroxyl groups is 1. The summed E-state index contributed by atoms with van der Waals surface area (Å²) < 4.78 is 93.3. The van der Waals surface area contributed by atoms with Crippen molar-refractivity contribution in [3.63, 3.8) is 0 Å². The van der Waals surface area contributed by atoms with Gasteiger partial charge in [-0.3, -0.25) is 0 Å². The van der Waals surface area contributed by atoms with Crippen LogP contribution in [0.4, 0.5) is 30.7 Å². The molecule has 8 heteroatoms. The van der Waals surface area contributed by atoms with Crippen molar-refractivity contribution >= 4 is 0 Å². The molecule has 0 heterocycles. The van der Waals surface area contributed by atoms with Gasteiger partial charge in [0.25, 0.3) is 0 Å². The van der Waals surface area contributed by atoms with Crippen LogP contribution in [0, 0.1) is 12.7 Å². The molecule has 1 nitrogen and oxygen atoms in total. The smallest absolute Gasteiger partial charge is 0.398 e. The molecule has 0 aliphatic heterocycles. The van der Waals surface area contributed by atoms with Crippen LogP contribution in [-0.4, -0.2) is 17.5 Å². The van der Waals surface area contributed by atoms with Crippen molar-refractivity contribution in [2.24, 2.45) is 0 Å². The molecule has 1 N–H and O–H groups in total. The van der Waals surface area contributed by atoms with E-state index in [1.165, 1.54) is 0 Å². The van der Waals surface area contributed by atoms with Crippen LogP contribution < -0.4 is 0 Å². The van der Waals surface area contributed by atoms with E-state index in [4.69, 9.17) is 0 Å². The average Bonchev–Trinajstić information content (AvgIpc) is 3.27. The van der Waals surface area contributed by atoms with Crippen LogP contribution in [0.1, 0.15) is 57.2 Å². The molecule has 0 bridgehead atoms. The van der Waals surface area contributed by atoms with Gasteiger partial charge in [-0.15, -0.1) is 0 Å². The van der Waals surface area contributed by atoms with Crippen LogP contribution >= 0.6 is 0 Å². The molecule has 0 amide bonds. The van der Waals surface area contributed by atoms with Gasteiger partial charge in [-0.05, 0) is 50.8 Å². The first kappa shape index (κ1) is 21.6. The van der Waals surface area contributed by atoms with Gasteiger partial charge in [0.15, 0.2) is 11.6 Å². The molecule has 0 spiro atoms. The number of hydrogen-bond acceptors (Lipinski definition) is 1. The van der Waals surface area contributed by atoms with Gasteiger partial charge in [-0.1, -0.05) is 13.8 Å². The molecule has 0 aromatic heterocycles. The van der Waals surface area contributed by atoms with Crippen LogP contribution in [0.2, 0.25) is 0 Å². The molecule has 1 aliphatic rings. The summed E-state index contributed by atoms with van der Waals surface area (Å²) in [4.78, 5) is 0. The van der Waals surface area contributed by atoms with Crippen LogP contribution in [-0.2, 0) is 10.8 Å². The number of halogens is 7. The van der Waals surface area contributed by atoms with E-state index in [0.29, 0.717) is 6.07 Å². The van der Waals surface area contributed by atoms with Crippen molar-refractivity contribution in [1.29, 1.82) is 0 Å². The summed E-state index contributed by atoms with van der Waals surface area (Å²) in [5.74, 6) is -2.66. The minimum Gasteiger partial charge on any atom is -0.505 e. The second kappa shape index (κ2) is 6.36. The van der Waals surface area contributed by atoms with Gasteiger partial charge in [0.05, 0.1) is 10.8 Å². The first-order valence-corrected chi connectivity index (χ1v) is 7.83. The third kappa shape index (κ3) is 3.31. The Hall–Kier alpha value is -1.47. The molecular weight excluding hydrogens is 353 g/mol. The van der Waals surface area contributed by atoms with Crippen molar-refractivity contribution in [3.8, 4) is 5.75 Å². The number of phenolic OH excluding ortho intramolecular Hbond substituents is 1. The van der Waals surface area contributed by atoms with Crippen molar-refractivity contribution in [2.45, 2.75) is 70.6 Å². The number of benzene rings is 1. The van der Waals surface area contributed by atoms with Crippen LogP contribution in [0.15, 0.2) is 6.07 Å². The molecule has 0 radical (unpaired) electrons. The van der Waals surface area contributed by atoms with E-state index in [1.54, 1.807) is 0 Å². The maximum absolute atomic E-state index is 14.1. The fourth-order valence-electron chi connectivity index (χ4n) is 2.73. The summed E-state index contributed by atoms with van der Waals surface area (Å²) >= 11 is 0. The molecule has 0 saturated heterocycles. The monoisotopic (exact) mass is 374 g/mol. The number of hydrogen-bond donors (Lipinski definition) is 1. The number of alkyl halides is 6. The Labute approximate surface area is 141 Å². The SMILES string of the molecule is CC.Cc1c(C(C)(C)C(F)(F)F)cc(C2(C(F)(F)F)CC2)c(O)c1F. The van der Waals surface area contributed by atoms with Gasteiger partial charge in [0, 0.05) is 5.56 Å². The Balaban J connectivity index is 0.00000151. The summed E-state index contributed by atoms with van der Waals surface area (Å²) in [6.45, 7) is 6.54. The van der Waals surface area contributed by atoms with Crippen molar-refractivity contribution in [2.75, 3.05) is 0 Å². The van der Waals surface area contributed by atoms with Crippen LogP contribution in [0.25, 0.3) is 0 Å². The molecule has 25 heavy (non-hydrogen) atoms. The van der Waals surface area contributed by atoms with Crippen LogP contribution in [0.3, 0.4) is 0 Å².